The van der Waals surface area contributed by atoms with Gasteiger partial charge in [0.05, 0.1) is 0 Å². The predicted octanol–water partition coefficient (Wildman–Crippen LogP) is 6.54. The second-order valence-electron chi connectivity index (χ2n) is 6.60. The molecule has 0 N–H and O–H groups in total. The van der Waals surface area contributed by atoms with Gasteiger partial charge in [0.15, 0.2) is 8.32 Å². The van der Waals surface area contributed by atoms with Gasteiger partial charge < -0.3 is 4.43 Å². The molecule has 0 radical (unpaired) electrons. The Hall–Kier alpha value is 0.177. The minimum absolute atomic E-state index is 1.27. The summed E-state index contributed by atoms with van der Waals surface area (Å²) in [5, 5.41) is 0. The molecule has 0 aliphatic rings. The lowest BCUT2D eigenvalue weighted by atomic mass is 10.1. The first-order valence-electron chi connectivity index (χ1n) is 8.67. The van der Waals surface area contributed by atoms with Gasteiger partial charge in [-0.15, -0.1) is 0 Å². The van der Waals surface area contributed by atoms with Crippen molar-refractivity contribution < 1.29 is 4.43 Å². The van der Waals surface area contributed by atoms with Crippen molar-refractivity contribution >= 4 is 8.32 Å². The van der Waals surface area contributed by atoms with Crippen LogP contribution in [0.5, 0.6) is 0 Å². The zero-order chi connectivity index (χ0) is 14.4. The van der Waals surface area contributed by atoms with Crippen molar-refractivity contribution in [2.24, 2.45) is 0 Å². The van der Waals surface area contributed by atoms with Crippen molar-refractivity contribution in [3.05, 3.63) is 0 Å². The molecule has 0 unspecified atom stereocenters. The zero-order valence-corrected chi connectivity index (χ0v) is 15.1. The molecule has 2 heteroatoms. The van der Waals surface area contributed by atoms with Crippen molar-refractivity contribution in [1.29, 1.82) is 0 Å². The third-order valence-electron chi connectivity index (χ3n) is 4.18. The van der Waals surface area contributed by atoms with Crippen molar-refractivity contribution in [2.45, 2.75) is 103 Å². The Morgan fingerprint density at radius 1 is 0.632 bits per heavy atom. The molecule has 0 spiro atoms. The SMILES string of the molecule is CCCCCCCCCCCCCC[Si](C)(C)OC. The van der Waals surface area contributed by atoms with Gasteiger partial charge in [-0.1, -0.05) is 84.0 Å². The molecule has 0 atom stereocenters. The largest absolute Gasteiger partial charge is 0.420 e. The van der Waals surface area contributed by atoms with E-state index in [0.29, 0.717) is 0 Å². The fourth-order valence-electron chi connectivity index (χ4n) is 2.49. The molecule has 0 aromatic heterocycles. The number of hydrogen-bond acceptors (Lipinski definition) is 1. The van der Waals surface area contributed by atoms with E-state index in [9.17, 15) is 0 Å². The molecule has 0 bridgehead atoms. The maximum Gasteiger partial charge on any atom is 0.186 e. The maximum atomic E-state index is 5.58. The highest BCUT2D eigenvalue weighted by molar-refractivity contribution is 6.71. The highest BCUT2D eigenvalue weighted by Crippen LogP contribution is 2.17. The second kappa shape index (κ2) is 13.2. The fourth-order valence-corrected chi connectivity index (χ4v) is 3.80. The van der Waals surface area contributed by atoms with Gasteiger partial charge in [-0.05, 0) is 19.1 Å². The Kier molecular flexibility index (Phi) is 13.3. The summed E-state index contributed by atoms with van der Waals surface area (Å²) in [4.78, 5) is 0. The van der Waals surface area contributed by atoms with Gasteiger partial charge in [-0.3, -0.25) is 0 Å². The van der Waals surface area contributed by atoms with Crippen LogP contribution in [0.25, 0.3) is 0 Å². The summed E-state index contributed by atoms with van der Waals surface area (Å²) < 4.78 is 5.58. The average molecular weight is 287 g/mol. The summed E-state index contributed by atoms with van der Waals surface area (Å²) in [5.74, 6) is 0. The number of hydrogen-bond donors (Lipinski definition) is 0. The first kappa shape index (κ1) is 19.2. The van der Waals surface area contributed by atoms with Crippen LogP contribution in [0.3, 0.4) is 0 Å². The lowest BCUT2D eigenvalue weighted by molar-refractivity contribution is 0.400. The maximum absolute atomic E-state index is 5.58. The standard InChI is InChI=1S/C17H38OSi/c1-5-6-7-8-9-10-11-12-13-14-15-16-17-19(3,4)18-2/h5-17H2,1-4H3. The molecule has 0 fully saturated rings. The van der Waals surface area contributed by atoms with Gasteiger partial charge in [0.25, 0.3) is 0 Å². The molecular formula is C17H38OSi. The Labute approximate surface area is 123 Å². The summed E-state index contributed by atoms with van der Waals surface area (Å²) in [7, 11) is 0.607. The van der Waals surface area contributed by atoms with Gasteiger partial charge in [0, 0.05) is 7.11 Å². The highest BCUT2D eigenvalue weighted by atomic mass is 28.4. The Morgan fingerprint density at radius 2 is 1.00 bits per heavy atom. The van der Waals surface area contributed by atoms with Gasteiger partial charge in [0.2, 0.25) is 0 Å². The van der Waals surface area contributed by atoms with Crippen LogP contribution in [0.15, 0.2) is 0 Å². The van der Waals surface area contributed by atoms with E-state index in [0.717, 1.165) is 0 Å². The Morgan fingerprint density at radius 3 is 1.37 bits per heavy atom. The summed E-state index contributed by atoms with van der Waals surface area (Å²) in [6.07, 6.45) is 17.2. The summed E-state index contributed by atoms with van der Waals surface area (Å²) in [6, 6.07) is 1.33. The molecule has 19 heavy (non-hydrogen) atoms. The third kappa shape index (κ3) is 14.4. The lowest BCUT2D eigenvalue weighted by Crippen LogP contribution is -2.27. The Bertz CT molecular complexity index is 180. The Balaban J connectivity index is 3.07. The smallest absolute Gasteiger partial charge is 0.186 e. The van der Waals surface area contributed by atoms with Crippen LogP contribution >= 0.6 is 0 Å². The van der Waals surface area contributed by atoms with E-state index >= 15 is 0 Å². The molecule has 0 saturated carbocycles. The molecule has 0 rings (SSSR count). The van der Waals surface area contributed by atoms with Crippen LogP contribution in [0.2, 0.25) is 19.1 Å². The van der Waals surface area contributed by atoms with Gasteiger partial charge >= 0.3 is 0 Å². The summed E-state index contributed by atoms with van der Waals surface area (Å²) >= 11 is 0. The third-order valence-corrected chi connectivity index (χ3v) is 6.85. The fraction of sp³-hybridized carbons (Fsp3) is 1.00. The zero-order valence-electron chi connectivity index (χ0n) is 14.1. The molecule has 0 aliphatic heterocycles. The molecular weight excluding hydrogens is 248 g/mol. The van der Waals surface area contributed by atoms with Crippen LogP contribution in [0.1, 0.15) is 84.0 Å². The highest BCUT2D eigenvalue weighted by Gasteiger charge is 2.18. The number of rotatable bonds is 14. The first-order valence-corrected chi connectivity index (χ1v) is 11.8. The van der Waals surface area contributed by atoms with E-state index in [1.807, 2.05) is 7.11 Å². The monoisotopic (exact) mass is 286 g/mol. The van der Waals surface area contributed by atoms with E-state index < -0.39 is 8.32 Å². The quantitative estimate of drug-likeness (QED) is 0.260. The van der Waals surface area contributed by atoms with E-state index in [-0.39, 0.29) is 0 Å². The summed E-state index contributed by atoms with van der Waals surface area (Å²) in [5.41, 5.74) is 0. The minimum atomic E-state index is -1.27. The molecule has 0 saturated heterocycles. The van der Waals surface area contributed by atoms with Crippen molar-refractivity contribution in [3.63, 3.8) is 0 Å². The minimum Gasteiger partial charge on any atom is -0.420 e. The van der Waals surface area contributed by atoms with Crippen LogP contribution in [0, 0.1) is 0 Å². The topological polar surface area (TPSA) is 9.23 Å². The predicted molar refractivity (Wildman–Crippen MR) is 90.4 cm³/mol. The van der Waals surface area contributed by atoms with E-state index in [1.54, 1.807) is 0 Å². The first-order chi connectivity index (χ1) is 9.12. The molecule has 0 amide bonds. The van der Waals surface area contributed by atoms with E-state index in [2.05, 4.69) is 20.0 Å². The van der Waals surface area contributed by atoms with Crippen LogP contribution in [0.4, 0.5) is 0 Å². The second-order valence-corrected chi connectivity index (χ2v) is 11.0. The van der Waals surface area contributed by atoms with Gasteiger partial charge in [0.1, 0.15) is 0 Å². The van der Waals surface area contributed by atoms with Crippen molar-refractivity contribution in [1.82, 2.24) is 0 Å². The van der Waals surface area contributed by atoms with E-state index in [4.69, 9.17) is 4.43 Å². The van der Waals surface area contributed by atoms with Gasteiger partial charge in [-0.2, -0.15) is 0 Å². The molecule has 0 aliphatic carbocycles. The van der Waals surface area contributed by atoms with Crippen molar-refractivity contribution in [2.75, 3.05) is 7.11 Å². The lowest BCUT2D eigenvalue weighted by Gasteiger charge is -2.19. The van der Waals surface area contributed by atoms with E-state index in [1.165, 1.54) is 83.1 Å². The van der Waals surface area contributed by atoms with Crippen LogP contribution in [-0.2, 0) is 4.43 Å². The normalized spacial score (nSPS) is 12.0. The molecule has 116 valence electrons. The molecule has 0 aromatic carbocycles. The molecule has 0 heterocycles. The van der Waals surface area contributed by atoms with Crippen molar-refractivity contribution in [3.8, 4) is 0 Å². The molecule has 0 aromatic rings. The average Bonchev–Trinajstić information content (AvgIpc) is 2.40. The molecule has 1 nitrogen and oxygen atoms in total. The van der Waals surface area contributed by atoms with Gasteiger partial charge in [-0.25, -0.2) is 0 Å². The number of unbranched alkanes of at least 4 members (excludes halogenated alkanes) is 11. The summed E-state index contributed by atoms with van der Waals surface area (Å²) in [6.45, 7) is 6.94. The van der Waals surface area contributed by atoms with Crippen LogP contribution < -0.4 is 0 Å². The van der Waals surface area contributed by atoms with Crippen LogP contribution in [-0.4, -0.2) is 15.4 Å².